The van der Waals surface area contributed by atoms with Gasteiger partial charge in [0.25, 0.3) is 5.91 Å². The third-order valence-corrected chi connectivity index (χ3v) is 5.63. The topological polar surface area (TPSA) is 103 Å². The van der Waals surface area contributed by atoms with Crippen LogP contribution >= 0.6 is 0 Å². The van der Waals surface area contributed by atoms with Crippen LogP contribution in [-0.4, -0.2) is 41.2 Å². The van der Waals surface area contributed by atoms with Crippen LogP contribution in [0.2, 0.25) is 0 Å². The minimum atomic E-state index is -3.86. The van der Waals surface area contributed by atoms with Gasteiger partial charge in [0.15, 0.2) is 11.5 Å². The van der Waals surface area contributed by atoms with Gasteiger partial charge in [0.1, 0.15) is 10.6 Å². The van der Waals surface area contributed by atoms with E-state index in [-0.39, 0.29) is 21.9 Å². The van der Waals surface area contributed by atoms with Crippen LogP contribution < -0.4 is 24.2 Å². The van der Waals surface area contributed by atoms with Crippen LogP contribution in [-0.2, 0) is 10.0 Å². The molecule has 158 valence electrons. The summed E-state index contributed by atoms with van der Waals surface area (Å²) < 4.78 is 43.9. The molecule has 2 N–H and O–H groups in total. The quantitative estimate of drug-likeness (QED) is 0.711. The number of ether oxygens (including phenoxy) is 3. The van der Waals surface area contributed by atoms with Crippen molar-refractivity contribution in [2.24, 2.45) is 0 Å². The Morgan fingerprint density at radius 3 is 2.00 bits per heavy atom. The first kappa shape index (κ1) is 22.5. The number of para-hydroxylation sites is 1. The Balaban J connectivity index is 2.45. The standard InChI is InChI=1S/C20H26N2O6S/c1-20(2,3)22-29(24,25)18-10-8-7-9-14(18)21-19(23)13-11-16(27-5)17(28-6)12-15(13)26-4/h7-12,22H,1-6H3,(H,21,23). The van der Waals surface area contributed by atoms with Crippen LogP contribution in [0.4, 0.5) is 5.69 Å². The van der Waals surface area contributed by atoms with Crippen molar-refractivity contribution in [2.75, 3.05) is 26.6 Å². The van der Waals surface area contributed by atoms with Crippen molar-refractivity contribution in [3.8, 4) is 17.2 Å². The van der Waals surface area contributed by atoms with Crippen LogP contribution in [0.5, 0.6) is 17.2 Å². The molecule has 1 amide bonds. The Labute approximate surface area is 171 Å². The molecule has 0 aliphatic rings. The summed E-state index contributed by atoms with van der Waals surface area (Å²) in [5.74, 6) is 0.446. The maximum absolute atomic E-state index is 12.9. The van der Waals surface area contributed by atoms with Crippen molar-refractivity contribution in [3.05, 3.63) is 42.0 Å². The normalized spacial score (nSPS) is 11.7. The molecule has 0 saturated heterocycles. The van der Waals surface area contributed by atoms with Gasteiger partial charge >= 0.3 is 0 Å². The summed E-state index contributed by atoms with van der Waals surface area (Å²) >= 11 is 0. The van der Waals surface area contributed by atoms with Crippen LogP contribution in [0.25, 0.3) is 0 Å². The van der Waals surface area contributed by atoms with Gasteiger partial charge in [-0.3, -0.25) is 4.79 Å². The molecule has 8 nitrogen and oxygen atoms in total. The second-order valence-electron chi connectivity index (χ2n) is 7.21. The highest BCUT2D eigenvalue weighted by Gasteiger charge is 2.26. The van der Waals surface area contributed by atoms with E-state index >= 15 is 0 Å². The van der Waals surface area contributed by atoms with E-state index in [0.29, 0.717) is 11.5 Å². The Hall–Kier alpha value is -2.78. The molecule has 2 rings (SSSR count). The number of hydrogen-bond acceptors (Lipinski definition) is 6. The summed E-state index contributed by atoms with van der Waals surface area (Å²) in [6.45, 7) is 5.21. The molecule has 0 aliphatic heterocycles. The molecule has 2 aromatic carbocycles. The number of sulfonamides is 1. The third-order valence-electron chi connectivity index (χ3n) is 3.82. The molecular formula is C20H26N2O6S. The average Bonchev–Trinajstić information content (AvgIpc) is 2.65. The minimum Gasteiger partial charge on any atom is -0.496 e. The number of carbonyl (C=O) groups excluding carboxylic acids is 1. The molecule has 0 radical (unpaired) electrons. The van der Waals surface area contributed by atoms with Crippen molar-refractivity contribution in [1.29, 1.82) is 0 Å². The zero-order chi connectivity index (χ0) is 21.8. The minimum absolute atomic E-state index is 0.0391. The summed E-state index contributed by atoms with van der Waals surface area (Å²) in [6, 6.07) is 9.16. The molecule has 2 aromatic rings. The summed E-state index contributed by atoms with van der Waals surface area (Å²) in [4.78, 5) is 12.9. The van der Waals surface area contributed by atoms with Gasteiger partial charge in [-0.25, -0.2) is 13.1 Å². The summed E-state index contributed by atoms with van der Waals surface area (Å²) in [7, 11) is 0.487. The second kappa shape index (κ2) is 8.71. The maximum Gasteiger partial charge on any atom is 0.259 e. The zero-order valence-corrected chi connectivity index (χ0v) is 18.1. The Bertz CT molecular complexity index is 997. The number of anilines is 1. The summed E-state index contributed by atoms with van der Waals surface area (Å²) in [6.07, 6.45) is 0. The Morgan fingerprint density at radius 2 is 1.45 bits per heavy atom. The fraction of sp³-hybridized carbons (Fsp3) is 0.350. The molecule has 0 saturated carbocycles. The molecule has 0 aromatic heterocycles. The molecule has 0 atom stereocenters. The highest BCUT2D eigenvalue weighted by Crippen LogP contribution is 2.35. The molecule has 0 unspecified atom stereocenters. The monoisotopic (exact) mass is 422 g/mol. The molecular weight excluding hydrogens is 396 g/mol. The van der Waals surface area contributed by atoms with Crippen molar-refractivity contribution in [3.63, 3.8) is 0 Å². The molecule has 0 spiro atoms. The van der Waals surface area contributed by atoms with Crippen LogP contribution in [0.3, 0.4) is 0 Å². The molecule has 0 fully saturated rings. The number of nitrogens with one attached hydrogen (secondary N) is 2. The van der Waals surface area contributed by atoms with E-state index in [1.807, 2.05) is 0 Å². The highest BCUT2D eigenvalue weighted by atomic mass is 32.2. The Morgan fingerprint density at radius 1 is 0.897 bits per heavy atom. The number of rotatable bonds is 7. The number of carbonyl (C=O) groups is 1. The highest BCUT2D eigenvalue weighted by molar-refractivity contribution is 7.89. The lowest BCUT2D eigenvalue weighted by atomic mass is 10.1. The van der Waals surface area contributed by atoms with E-state index in [9.17, 15) is 13.2 Å². The fourth-order valence-electron chi connectivity index (χ4n) is 2.66. The van der Waals surface area contributed by atoms with Crippen molar-refractivity contribution >= 4 is 21.6 Å². The van der Waals surface area contributed by atoms with Gasteiger partial charge in [-0.05, 0) is 32.9 Å². The summed E-state index contributed by atoms with van der Waals surface area (Å²) in [5, 5.41) is 2.65. The number of methoxy groups -OCH3 is 3. The van der Waals surface area contributed by atoms with Crippen LogP contribution in [0.15, 0.2) is 41.3 Å². The van der Waals surface area contributed by atoms with E-state index < -0.39 is 21.5 Å². The molecule has 0 heterocycles. The first-order valence-electron chi connectivity index (χ1n) is 8.76. The largest absolute Gasteiger partial charge is 0.496 e. The lowest BCUT2D eigenvalue weighted by Gasteiger charge is -2.21. The van der Waals surface area contributed by atoms with Gasteiger partial charge in [-0.1, -0.05) is 12.1 Å². The van der Waals surface area contributed by atoms with Gasteiger partial charge in [-0.2, -0.15) is 0 Å². The van der Waals surface area contributed by atoms with E-state index in [1.54, 1.807) is 32.9 Å². The van der Waals surface area contributed by atoms with Crippen LogP contribution in [0, 0.1) is 0 Å². The van der Waals surface area contributed by atoms with E-state index in [2.05, 4.69) is 10.0 Å². The van der Waals surface area contributed by atoms with Crippen LogP contribution in [0.1, 0.15) is 31.1 Å². The number of benzene rings is 2. The first-order valence-corrected chi connectivity index (χ1v) is 10.2. The number of hydrogen-bond donors (Lipinski definition) is 2. The van der Waals surface area contributed by atoms with Gasteiger partial charge in [0.05, 0.1) is 32.6 Å². The van der Waals surface area contributed by atoms with E-state index in [0.717, 1.165) is 0 Å². The predicted molar refractivity (Wildman–Crippen MR) is 111 cm³/mol. The Kier molecular flexibility index (Phi) is 6.76. The van der Waals surface area contributed by atoms with Gasteiger partial charge < -0.3 is 19.5 Å². The van der Waals surface area contributed by atoms with Gasteiger partial charge in [0.2, 0.25) is 10.0 Å². The lowest BCUT2D eigenvalue weighted by molar-refractivity contribution is 0.102. The predicted octanol–water partition coefficient (Wildman–Crippen LogP) is 3.04. The van der Waals surface area contributed by atoms with E-state index in [4.69, 9.17) is 14.2 Å². The van der Waals surface area contributed by atoms with Crippen molar-refractivity contribution in [2.45, 2.75) is 31.2 Å². The first-order chi connectivity index (χ1) is 13.5. The molecule has 0 aliphatic carbocycles. The third kappa shape index (κ3) is 5.39. The van der Waals surface area contributed by atoms with Gasteiger partial charge in [0, 0.05) is 17.7 Å². The second-order valence-corrected chi connectivity index (χ2v) is 8.86. The van der Waals surface area contributed by atoms with Gasteiger partial charge in [-0.15, -0.1) is 0 Å². The fourth-order valence-corrected chi connectivity index (χ4v) is 4.24. The van der Waals surface area contributed by atoms with E-state index in [1.165, 1.54) is 45.6 Å². The van der Waals surface area contributed by atoms with Crippen molar-refractivity contribution in [1.82, 2.24) is 4.72 Å². The molecule has 29 heavy (non-hydrogen) atoms. The molecule has 9 heteroatoms. The summed E-state index contributed by atoms with van der Waals surface area (Å²) in [5.41, 5.74) is -0.366. The maximum atomic E-state index is 12.9. The average molecular weight is 423 g/mol. The lowest BCUT2D eigenvalue weighted by Crippen LogP contribution is -2.40. The zero-order valence-electron chi connectivity index (χ0n) is 17.3. The van der Waals surface area contributed by atoms with Crippen molar-refractivity contribution < 1.29 is 27.4 Å². The molecule has 0 bridgehead atoms. The number of amides is 1. The smallest absolute Gasteiger partial charge is 0.259 e. The SMILES string of the molecule is COc1cc(OC)c(C(=O)Nc2ccccc2S(=O)(=O)NC(C)(C)C)cc1OC.